The molecular formula is C14H14F3NS. The fourth-order valence-electron chi connectivity index (χ4n) is 2.01. The number of rotatable bonds is 3. The zero-order chi connectivity index (χ0) is 14.0. The molecule has 0 saturated heterocycles. The molecule has 1 heterocycles. The van der Waals surface area contributed by atoms with E-state index in [1.165, 1.54) is 0 Å². The van der Waals surface area contributed by atoms with E-state index in [0.717, 1.165) is 11.3 Å². The number of hydrogen-bond donors (Lipinski definition) is 0. The molecule has 0 aliphatic carbocycles. The monoisotopic (exact) mass is 285 g/mol. The molecule has 0 amide bonds. The topological polar surface area (TPSA) is 4.93 Å². The van der Waals surface area contributed by atoms with Gasteiger partial charge in [-0.1, -0.05) is 30.3 Å². The minimum absolute atomic E-state index is 0.0479. The van der Waals surface area contributed by atoms with Crippen LogP contribution in [0.3, 0.4) is 0 Å². The number of aromatic nitrogens is 1. The van der Waals surface area contributed by atoms with Gasteiger partial charge in [-0.2, -0.15) is 13.2 Å². The predicted octanol–water partition coefficient (Wildman–Crippen LogP) is 4.77. The van der Waals surface area contributed by atoms with Gasteiger partial charge in [-0.25, -0.2) is 0 Å². The average molecular weight is 285 g/mol. The molecule has 1 nitrogen and oxygen atoms in total. The minimum atomic E-state index is -4.24. The van der Waals surface area contributed by atoms with Crippen molar-refractivity contribution in [1.82, 2.24) is 4.57 Å². The van der Waals surface area contributed by atoms with Crippen LogP contribution in [-0.2, 0) is 6.54 Å². The summed E-state index contributed by atoms with van der Waals surface area (Å²) in [5.74, 6) is 0. The Bertz CT molecular complexity index is 558. The molecule has 1 aromatic carbocycles. The number of benzene rings is 1. The second-order valence-corrected chi connectivity index (χ2v) is 5.46. The summed E-state index contributed by atoms with van der Waals surface area (Å²) in [4.78, 5) is 0.279. The maximum absolute atomic E-state index is 12.4. The number of thioether (sulfide) groups is 1. The van der Waals surface area contributed by atoms with Gasteiger partial charge >= 0.3 is 5.51 Å². The summed E-state index contributed by atoms with van der Waals surface area (Å²) >= 11 is -0.0479. The molecule has 0 bridgehead atoms. The van der Waals surface area contributed by atoms with Crippen molar-refractivity contribution in [3.8, 4) is 0 Å². The van der Waals surface area contributed by atoms with Gasteiger partial charge in [0.05, 0.1) is 0 Å². The van der Waals surface area contributed by atoms with Crippen molar-refractivity contribution in [2.24, 2.45) is 0 Å². The van der Waals surface area contributed by atoms with Crippen molar-refractivity contribution in [2.45, 2.75) is 30.8 Å². The van der Waals surface area contributed by atoms with Crippen LogP contribution < -0.4 is 0 Å². The van der Waals surface area contributed by atoms with Crippen molar-refractivity contribution >= 4 is 11.8 Å². The van der Waals surface area contributed by atoms with E-state index in [9.17, 15) is 13.2 Å². The van der Waals surface area contributed by atoms with Gasteiger partial charge < -0.3 is 4.57 Å². The molecule has 0 radical (unpaired) electrons. The third-order valence-electron chi connectivity index (χ3n) is 2.94. The fourth-order valence-corrected chi connectivity index (χ4v) is 2.74. The number of alkyl halides is 3. The van der Waals surface area contributed by atoms with Gasteiger partial charge in [-0.05, 0) is 37.2 Å². The number of halogens is 3. The van der Waals surface area contributed by atoms with Crippen LogP contribution in [0.2, 0.25) is 0 Å². The van der Waals surface area contributed by atoms with Crippen LogP contribution in [0, 0.1) is 13.8 Å². The van der Waals surface area contributed by atoms with E-state index in [1.807, 2.05) is 41.8 Å². The zero-order valence-electron chi connectivity index (χ0n) is 10.7. The minimum Gasteiger partial charge on any atom is -0.344 e. The van der Waals surface area contributed by atoms with Crippen LogP contribution in [0.4, 0.5) is 13.2 Å². The lowest BCUT2D eigenvalue weighted by molar-refractivity contribution is -0.0328. The Morgan fingerprint density at radius 2 is 1.74 bits per heavy atom. The zero-order valence-corrected chi connectivity index (χ0v) is 11.5. The summed E-state index contributed by atoms with van der Waals surface area (Å²) in [6, 6.07) is 11.3. The van der Waals surface area contributed by atoms with E-state index < -0.39 is 5.51 Å². The Balaban J connectivity index is 2.27. The molecule has 102 valence electrons. The molecule has 0 fully saturated rings. The third kappa shape index (κ3) is 3.56. The molecular weight excluding hydrogens is 271 g/mol. The van der Waals surface area contributed by atoms with Crippen molar-refractivity contribution in [3.05, 3.63) is 53.3 Å². The molecule has 0 aliphatic heterocycles. The van der Waals surface area contributed by atoms with Crippen LogP contribution in [0.25, 0.3) is 0 Å². The highest BCUT2D eigenvalue weighted by atomic mass is 32.2. The summed E-state index contributed by atoms with van der Waals surface area (Å²) in [6.45, 7) is 4.15. The Labute approximate surface area is 114 Å². The highest BCUT2D eigenvalue weighted by Gasteiger charge is 2.31. The molecule has 0 unspecified atom stereocenters. The number of hydrogen-bond acceptors (Lipinski definition) is 1. The molecule has 2 rings (SSSR count). The first-order chi connectivity index (χ1) is 8.87. The Morgan fingerprint density at radius 1 is 1.11 bits per heavy atom. The van der Waals surface area contributed by atoms with Gasteiger partial charge in [-0.15, -0.1) is 0 Å². The third-order valence-corrected chi connectivity index (χ3v) is 3.80. The molecule has 19 heavy (non-hydrogen) atoms. The molecule has 0 N–H and O–H groups in total. The Kier molecular flexibility index (Phi) is 3.94. The van der Waals surface area contributed by atoms with E-state index >= 15 is 0 Å². The number of nitrogens with zero attached hydrogens (tertiary/aromatic N) is 1. The summed E-state index contributed by atoms with van der Waals surface area (Å²) in [5.41, 5.74) is -1.67. The molecule has 0 aliphatic rings. The summed E-state index contributed by atoms with van der Waals surface area (Å²) in [7, 11) is 0. The van der Waals surface area contributed by atoms with Gasteiger partial charge in [0, 0.05) is 22.8 Å². The summed E-state index contributed by atoms with van der Waals surface area (Å²) in [5, 5.41) is 0. The average Bonchev–Trinajstić information content (AvgIpc) is 2.56. The van der Waals surface area contributed by atoms with Crippen LogP contribution in [-0.4, -0.2) is 10.1 Å². The first kappa shape index (κ1) is 14.1. The van der Waals surface area contributed by atoms with Crippen molar-refractivity contribution in [3.63, 3.8) is 0 Å². The normalized spacial score (nSPS) is 11.8. The van der Waals surface area contributed by atoms with Gasteiger partial charge in [0.2, 0.25) is 0 Å². The highest BCUT2D eigenvalue weighted by Crippen LogP contribution is 2.39. The largest absolute Gasteiger partial charge is 0.446 e. The Hall–Kier alpha value is -1.36. The lowest BCUT2D eigenvalue weighted by atomic mass is 10.2. The molecule has 2 aromatic rings. The van der Waals surface area contributed by atoms with Crippen LogP contribution in [0.1, 0.15) is 17.0 Å². The van der Waals surface area contributed by atoms with Gasteiger partial charge in [0.15, 0.2) is 0 Å². The van der Waals surface area contributed by atoms with Crippen LogP contribution in [0.15, 0.2) is 41.3 Å². The molecule has 0 atom stereocenters. The standard InChI is InChI=1S/C14H14F3NS/c1-10-8-13(19-14(15,16)17)11(2)18(10)9-12-6-4-3-5-7-12/h3-8H,9H2,1-2H3. The Morgan fingerprint density at radius 3 is 2.32 bits per heavy atom. The number of aryl methyl sites for hydroxylation is 1. The van der Waals surface area contributed by atoms with Gasteiger partial charge in [0.25, 0.3) is 0 Å². The predicted molar refractivity (Wildman–Crippen MR) is 71.4 cm³/mol. The smallest absolute Gasteiger partial charge is 0.344 e. The van der Waals surface area contributed by atoms with Crippen molar-refractivity contribution in [2.75, 3.05) is 0 Å². The second kappa shape index (κ2) is 5.33. The SMILES string of the molecule is Cc1cc(SC(F)(F)F)c(C)n1Cc1ccccc1. The molecule has 5 heteroatoms. The quantitative estimate of drug-likeness (QED) is 0.736. The first-order valence-corrected chi connectivity index (χ1v) is 6.65. The van der Waals surface area contributed by atoms with E-state index in [-0.39, 0.29) is 16.7 Å². The molecule has 0 spiro atoms. The highest BCUT2D eigenvalue weighted by molar-refractivity contribution is 8.00. The maximum Gasteiger partial charge on any atom is 0.446 e. The van der Waals surface area contributed by atoms with Crippen LogP contribution >= 0.6 is 11.8 Å². The first-order valence-electron chi connectivity index (χ1n) is 5.83. The lowest BCUT2D eigenvalue weighted by Gasteiger charge is -2.10. The van der Waals surface area contributed by atoms with Gasteiger partial charge in [-0.3, -0.25) is 0 Å². The van der Waals surface area contributed by atoms with E-state index in [2.05, 4.69) is 0 Å². The van der Waals surface area contributed by atoms with E-state index in [0.29, 0.717) is 12.2 Å². The van der Waals surface area contributed by atoms with Crippen molar-refractivity contribution in [1.29, 1.82) is 0 Å². The molecule has 1 aromatic heterocycles. The van der Waals surface area contributed by atoms with Crippen LogP contribution in [0.5, 0.6) is 0 Å². The summed E-state index contributed by atoms with van der Waals surface area (Å²) < 4.78 is 39.2. The fraction of sp³-hybridized carbons (Fsp3) is 0.286. The lowest BCUT2D eigenvalue weighted by Crippen LogP contribution is -2.04. The molecule has 0 saturated carbocycles. The van der Waals surface area contributed by atoms with E-state index in [1.54, 1.807) is 13.0 Å². The van der Waals surface area contributed by atoms with Gasteiger partial charge in [0.1, 0.15) is 0 Å². The van der Waals surface area contributed by atoms with E-state index in [4.69, 9.17) is 0 Å². The van der Waals surface area contributed by atoms with Crippen molar-refractivity contribution < 1.29 is 13.2 Å². The summed E-state index contributed by atoms with van der Waals surface area (Å²) in [6.07, 6.45) is 0. The maximum atomic E-state index is 12.4. The second-order valence-electron chi connectivity index (χ2n) is 4.35.